The average molecular weight is 373 g/mol. The van der Waals surface area contributed by atoms with E-state index in [-0.39, 0.29) is 11.6 Å². The first kappa shape index (κ1) is 18.1. The fourth-order valence-corrected chi connectivity index (χ4v) is 3.10. The van der Waals surface area contributed by atoms with Gasteiger partial charge >= 0.3 is 0 Å². The van der Waals surface area contributed by atoms with Crippen molar-refractivity contribution in [2.45, 2.75) is 19.3 Å². The second-order valence-electron chi connectivity index (χ2n) is 6.44. The number of nitrogens with one attached hydrogen (secondary N) is 1. The molecular weight excluding hydrogens is 355 g/mol. The van der Waals surface area contributed by atoms with Crippen LogP contribution in [0.25, 0.3) is 11.3 Å². The van der Waals surface area contributed by atoms with E-state index in [1.807, 2.05) is 26.0 Å². The lowest BCUT2D eigenvalue weighted by Gasteiger charge is -2.26. The molecule has 0 unspecified atom stereocenters. The third-order valence-electron chi connectivity index (χ3n) is 4.45. The summed E-state index contributed by atoms with van der Waals surface area (Å²) >= 11 is 6.13. The van der Waals surface area contributed by atoms with Gasteiger partial charge in [-0.25, -0.2) is 9.37 Å². The number of imidazole rings is 1. The Morgan fingerprint density at radius 3 is 2.50 bits per heavy atom. The van der Waals surface area contributed by atoms with Crippen LogP contribution in [0.1, 0.15) is 35.7 Å². The number of H-pyrrole nitrogens is 1. The highest BCUT2D eigenvalue weighted by molar-refractivity contribution is 6.32. The molecule has 1 N–H and O–H groups in total. The van der Waals surface area contributed by atoms with Crippen molar-refractivity contribution in [3.8, 4) is 17.0 Å². The van der Waals surface area contributed by atoms with Gasteiger partial charge < -0.3 is 9.72 Å². The standard InChI is InChI=1S/C20H18ClFN2O2/c1-20(2,13-6-9-15(21)16(10-13)26-3)19-18(23-17(11-25)24-19)12-4-7-14(22)8-5-12/h4-11H,1-3H3,(H,23,24). The number of hydrogen-bond donors (Lipinski definition) is 1. The van der Waals surface area contributed by atoms with Gasteiger partial charge in [-0.3, -0.25) is 4.79 Å². The number of hydrogen-bond acceptors (Lipinski definition) is 3. The third-order valence-corrected chi connectivity index (χ3v) is 4.76. The zero-order valence-corrected chi connectivity index (χ0v) is 15.4. The normalized spacial score (nSPS) is 11.4. The number of aldehydes is 1. The van der Waals surface area contributed by atoms with Gasteiger partial charge in [0.05, 0.1) is 23.5 Å². The second kappa shape index (κ2) is 6.92. The Labute approximate surface area is 156 Å². The largest absolute Gasteiger partial charge is 0.495 e. The van der Waals surface area contributed by atoms with E-state index in [0.29, 0.717) is 22.8 Å². The third kappa shape index (κ3) is 3.22. The van der Waals surface area contributed by atoms with Crippen LogP contribution in [-0.4, -0.2) is 23.4 Å². The zero-order chi connectivity index (χ0) is 18.9. The van der Waals surface area contributed by atoms with Gasteiger partial charge in [-0.05, 0) is 42.0 Å². The van der Waals surface area contributed by atoms with E-state index in [4.69, 9.17) is 16.3 Å². The first-order valence-electron chi connectivity index (χ1n) is 8.02. The predicted octanol–water partition coefficient (Wildman–Crippen LogP) is 5.02. The van der Waals surface area contributed by atoms with Gasteiger partial charge in [0, 0.05) is 11.0 Å². The molecule has 0 saturated heterocycles. The van der Waals surface area contributed by atoms with E-state index in [2.05, 4.69) is 9.97 Å². The highest BCUT2D eigenvalue weighted by Crippen LogP contribution is 2.39. The summed E-state index contributed by atoms with van der Waals surface area (Å²) in [6.45, 7) is 4.01. The molecule has 0 bridgehead atoms. The molecule has 0 amide bonds. The lowest BCUT2D eigenvalue weighted by Crippen LogP contribution is -2.20. The lowest BCUT2D eigenvalue weighted by molar-refractivity contribution is 0.111. The van der Waals surface area contributed by atoms with Gasteiger partial charge in [-0.2, -0.15) is 0 Å². The maximum absolute atomic E-state index is 13.3. The fourth-order valence-electron chi connectivity index (χ4n) is 2.91. The van der Waals surface area contributed by atoms with Crippen molar-refractivity contribution in [2.24, 2.45) is 0 Å². The summed E-state index contributed by atoms with van der Waals surface area (Å²) in [5.74, 6) is 0.451. The van der Waals surface area contributed by atoms with Crippen LogP contribution in [0.2, 0.25) is 5.02 Å². The Morgan fingerprint density at radius 1 is 1.19 bits per heavy atom. The molecule has 0 fully saturated rings. The van der Waals surface area contributed by atoms with Gasteiger partial charge in [0.2, 0.25) is 0 Å². The predicted molar refractivity (Wildman–Crippen MR) is 99.5 cm³/mol. The van der Waals surface area contributed by atoms with Gasteiger partial charge in [-0.15, -0.1) is 0 Å². The maximum atomic E-state index is 13.3. The van der Waals surface area contributed by atoms with E-state index in [0.717, 1.165) is 16.8 Å². The van der Waals surface area contributed by atoms with Gasteiger partial charge in [0.15, 0.2) is 12.1 Å². The van der Waals surface area contributed by atoms with Crippen molar-refractivity contribution in [3.05, 3.63) is 70.4 Å². The Bertz CT molecular complexity index is 949. The second-order valence-corrected chi connectivity index (χ2v) is 6.85. The van der Waals surface area contributed by atoms with E-state index >= 15 is 0 Å². The number of aromatic nitrogens is 2. The Hall–Kier alpha value is -2.66. The Kier molecular flexibility index (Phi) is 4.83. The van der Waals surface area contributed by atoms with E-state index < -0.39 is 5.41 Å². The summed E-state index contributed by atoms with van der Waals surface area (Å²) in [6, 6.07) is 11.6. The average Bonchev–Trinajstić information content (AvgIpc) is 3.08. The highest BCUT2D eigenvalue weighted by atomic mass is 35.5. The molecule has 0 aliphatic carbocycles. The molecule has 0 radical (unpaired) electrons. The van der Waals surface area contributed by atoms with Crippen LogP contribution in [-0.2, 0) is 5.41 Å². The molecule has 3 aromatic rings. The first-order chi connectivity index (χ1) is 12.4. The quantitative estimate of drug-likeness (QED) is 0.640. The van der Waals surface area contributed by atoms with Crippen LogP contribution in [0, 0.1) is 5.82 Å². The van der Waals surface area contributed by atoms with Crippen molar-refractivity contribution >= 4 is 17.9 Å². The molecule has 0 aliphatic heterocycles. The monoisotopic (exact) mass is 372 g/mol. The van der Waals surface area contributed by atoms with Crippen LogP contribution in [0.15, 0.2) is 42.5 Å². The molecular formula is C20H18ClFN2O2. The Morgan fingerprint density at radius 2 is 1.88 bits per heavy atom. The summed E-state index contributed by atoms with van der Waals surface area (Å²) in [5.41, 5.74) is 2.47. The molecule has 0 aliphatic rings. The van der Waals surface area contributed by atoms with Crippen LogP contribution in [0.3, 0.4) is 0 Å². The van der Waals surface area contributed by atoms with Crippen LogP contribution in [0.5, 0.6) is 5.75 Å². The van der Waals surface area contributed by atoms with E-state index in [1.165, 1.54) is 12.1 Å². The number of aromatic amines is 1. The summed E-state index contributed by atoms with van der Waals surface area (Å²) in [7, 11) is 1.56. The SMILES string of the molecule is COc1cc(C(C)(C)c2[nH]c(C=O)nc2-c2ccc(F)cc2)ccc1Cl. The van der Waals surface area contributed by atoms with E-state index in [9.17, 15) is 9.18 Å². The lowest BCUT2D eigenvalue weighted by atomic mass is 9.79. The summed E-state index contributed by atoms with van der Waals surface area (Å²) in [6.07, 6.45) is 0.662. The molecule has 0 saturated carbocycles. The molecule has 26 heavy (non-hydrogen) atoms. The number of benzene rings is 2. The van der Waals surface area contributed by atoms with Crippen molar-refractivity contribution in [1.82, 2.24) is 9.97 Å². The number of halogens is 2. The topological polar surface area (TPSA) is 55.0 Å². The highest BCUT2D eigenvalue weighted by Gasteiger charge is 2.30. The maximum Gasteiger partial charge on any atom is 0.185 e. The Balaban J connectivity index is 2.17. The smallest absolute Gasteiger partial charge is 0.185 e. The van der Waals surface area contributed by atoms with Crippen LogP contribution in [0.4, 0.5) is 4.39 Å². The number of nitrogens with zero attached hydrogens (tertiary/aromatic N) is 1. The van der Waals surface area contributed by atoms with Crippen LogP contribution < -0.4 is 4.74 Å². The van der Waals surface area contributed by atoms with Crippen LogP contribution >= 0.6 is 11.6 Å². The van der Waals surface area contributed by atoms with Gasteiger partial charge in [0.25, 0.3) is 0 Å². The number of carbonyl (C=O) groups excluding carboxylic acids is 1. The van der Waals surface area contributed by atoms with Crippen molar-refractivity contribution in [3.63, 3.8) is 0 Å². The summed E-state index contributed by atoms with van der Waals surface area (Å²) in [5, 5.41) is 0.518. The fraction of sp³-hybridized carbons (Fsp3) is 0.200. The summed E-state index contributed by atoms with van der Waals surface area (Å²) in [4.78, 5) is 18.7. The minimum atomic E-state index is -0.532. The number of methoxy groups -OCH3 is 1. The molecule has 1 aromatic heterocycles. The molecule has 1 heterocycles. The van der Waals surface area contributed by atoms with Crippen molar-refractivity contribution in [2.75, 3.05) is 7.11 Å². The molecule has 4 nitrogen and oxygen atoms in total. The number of carbonyl (C=O) groups is 1. The molecule has 2 aromatic carbocycles. The number of ether oxygens (including phenoxy) is 1. The van der Waals surface area contributed by atoms with Gasteiger partial charge in [0.1, 0.15) is 11.6 Å². The van der Waals surface area contributed by atoms with Crippen molar-refractivity contribution in [1.29, 1.82) is 0 Å². The molecule has 3 rings (SSSR count). The van der Waals surface area contributed by atoms with Crippen molar-refractivity contribution < 1.29 is 13.9 Å². The molecule has 0 spiro atoms. The summed E-state index contributed by atoms with van der Waals surface area (Å²) < 4.78 is 18.6. The minimum Gasteiger partial charge on any atom is -0.495 e. The van der Waals surface area contributed by atoms with E-state index in [1.54, 1.807) is 25.3 Å². The first-order valence-corrected chi connectivity index (χ1v) is 8.40. The molecule has 0 atom stereocenters. The zero-order valence-electron chi connectivity index (χ0n) is 14.6. The van der Waals surface area contributed by atoms with Gasteiger partial charge in [-0.1, -0.05) is 31.5 Å². The molecule has 6 heteroatoms. The minimum absolute atomic E-state index is 0.216. The number of rotatable bonds is 5. The molecule has 134 valence electrons.